The van der Waals surface area contributed by atoms with E-state index in [2.05, 4.69) is 31.3 Å². The van der Waals surface area contributed by atoms with Gasteiger partial charge in [-0.3, -0.25) is 4.79 Å². The fraction of sp³-hybridized carbons (Fsp3) is 0.914. The molecular weight excluding hydrogens is 775 g/mol. The van der Waals surface area contributed by atoms with E-state index in [0.717, 1.165) is 32.1 Å². The lowest BCUT2D eigenvalue weighted by atomic mass is 10.0. The third-order valence-corrected chi connectivity index (χ3v) is 13.5. The van der Waals surface area contributed by atoms with Gasteiger partial charge in [-0.05, 0) is 44.9 Å². The molecule has 0 saturated carbocycles. The normalized spacial score (nSPS) is 13.4. The predicted molar refractivity (Wildman–Crippen MR) is 278 cm³/mol. The fourth-order valence-corrected chi connectivity index (χ4v) is 9.07. The average molecular weight is 889 g/mol. The summed E-state index contributed by atoms with van der Waals surface area (Å²) in [5.74, 6) is -0.500. The van der Waals surface area contributed by atoms with Crippen molar-refractivity contribution < 1.29 is 20.1 Å². The first kappa shape index (κ1) is 61.8. The van der Waals surface area contributed by atoms with E-state index in [1.165, 1.54) is 263 Å². The first-order chi connectivity index (χ1) is 31.1. The molecule has 5 heteroatoms. The number of rotatable bonds is 53. The Balaban J connectivity index is 3.43. The minimum atomic E-state index is -1.09. The monoisotopic (exact) mass is 888 g/mol. The van der Waals surface area contributed by atoms with E-state index in [4.69, 9.17) is 0 Å². The molecule has 0 spiro atoms. The van der Waals surface area contributed by atoms with Crippen LogP contribution in [-0.2, 0) is 4.79 Å². The van der Waals surface area contributed by atoms with Crippen LogP contribution in [0.1, 0.15) is 316 Å². The van der Waals surface area contributed by atoms with E-state index < -0.39 is 24.2 Å². The van der Waals surface area contributed by atoms with E-state index in [-0.39, 0.29) is 6.61 Å². The number of carbonyl (C=O) groups is 1. The minimum Gasteiger partial charge on any atom is -0.394 e. The van der Waals surface area contributed by atoms with E-state index in [1.807, 2.05) is 6.08 Å². The summed E-state index contributed by atoms with van der Waals surface area (Å²) in [4.78, 5) is 12.5. The van der Waals surface area contributed by atoms with E-state index in [0.29, 0.717) is 6.42 Å². The Kier molecular flexibility index (Phi) is 52.5. The zero-order chi connectivity index (χ0) is 45.8. The highest BCUT2D eigenvalue weighted by atomic mass is 16.3. The summed E-state index contributed by atoms with van der Waals surface area (Å²) in [6, 6.07) is -0.794. The van der Waals surface area contributed by atoms with Gasteiger partial charge in [-0.1, -0.05) is 295 Å². The van der Waals surface area contributed by atoms with Crippen molar-refractivity contribution in [1.29, 1.82) is 0 Å². The molecule has 3 unspecified atom stereocenters. The summed E-state index contributed by atoms with van der Waals surface area (Å²) in [7, 11) is 0. The highest BCUT2D eigenvalue weighted by Crippen LogP contribution is 2.18. The summed E-state index contributed by atoms with van der Waals surface area (Å²) in [6.45, 7) is 4.19. The first-order valence-electron chi connectivity index (χ1n) is 28.7. The van der Waals surface area contributed by atoms with Crippen molar-refractivity contribution in [3.63, 3.8) is 0 Å². The van der Waals surface area contributed by atoms with Gasteiger partial charge < -0.3 is 20.6 Å². The average Bonchev–Trinajstić information content (AvgIpc) is 3.29. The molecule has 0 radical (unpaired) electrons. The predicted octanol–water partition coefficient (Wildman–Crippen LogP) is 17.7. The molecule has 0 aliphatic heterocycles. The second kappa shape index (κ2) is 53.4. The molecule has 0 aromatic heterocycles. The summed E-state index contributed by atoms with van der Waals surface area (Å²) >= 11 is 0. The van der Waals surface area contributed by atoms with Gasteiger partial charge in [0.15, 0.2) is 0 Å². The summed E-state index contributed by atoms with van der Waals surface area (Å²) < 4.78 is 0. The van der Waals surface area contributed by atoms with Crippen LogP contribution in [0, 0.1) is 0 Å². The van der Waals surface area contributed by atoms with Gasteiger partial charge in [0, 0.05) is 0 Å². The van der Waals surface area contributed by atoms with Crippen molar-refractivity contribution in [2.45, 2.75) is 334 Å². The SMILES string of the molecule is CCCCCCCCCCC/C=C/C(O)C(CO)NC(=O)C(O)CCCCCCCCCCCCCCCCCC/C=C\CCCCCCCCCCCCCCCCCCCC. The van der Waals surface area contributed by atoms with Gasteiger partial charge in [0.1, 0.15) is 6.10 Å². The molecule has 0 aliphatic carbocycles. The Hall–Kier alpha value is -1.17. The van der Waals surface area contributed by atoms with Crippen molar-refractivity contribution in [3.8, 4) is 0 Å². The van der Waals surface area contributed by atoms with Crippen LogP contribution in [0.3, 0.4) is 0 Å². The molecule has 4 N–H and O–H groups in total. The second-order valence-electron chi connectivity index (χ2n) is 19.9. The van der Waals surface area contributed by atoms with Crippen LogP contribution in [-0.4, -0.2) is 46.1 Å². The zero-order valence-electron chi connectivity index (χ0n) is 42.7. The molecular formula is C58H113NO4. The molecule has 0 heterocycles. The molecule has 3 atom stereocenters. The summed E-state index contributed by atoms with van der Waals surface area (Å²) in [5.41, 5.74) is 0. The topological polar surface area (TPSA) is 89.8 Å². The highest BCUT2D eigenvalue weighted by molar-refractivity contribution is 5.80. The molecule has 0 fully saturated rings. The maximum absolute atomic E-state index is 12.5. The third-order valence-electron chi connectivity index (χ3n) is 13.5. The number of amides is 1. The largest absolute Gasteiger partial charge is 0.394 e. The van der Waals surface area contributed by atoms with E-state index in [1.54, 1.807) is 6.08 Å². The molecule has 374 valence electrons. The van der Waals surface area contributed by atoms with E-state index >= 15 is 0 Å². The molecule has 0 aromatic carbocycles. The number of carbonyl (C=O) groups excluding carboxylic acids is 1. The Labute approximate surface area is 394 Å². The van der Waals surface area contributed by atoms with Gasteiger partial charge in [-0.25, -0.2) is 0 Å². The molecule has 0 bridgehead atoms. The van der Waals surface area contributed by atoms with Crippen LogP contribution in [0.15, 0.2) is 24.3 Å². The Morgan fingerprint density at radius 2 is 0.635 bits per heavy atom. The van der Waals surface area contributed by atoms with Crippen LogP contribution in [0.5, 0.6) is 0 Å². The number of unbranched alkanes of at least 4 members (excludes halogenated alkanes) is 43. The second-order valence-corrected chi connectivity index (χ2v) is 19.9. The quantitative estimate of drug-likeness (QED) is 0.0362. The number of aliphatic hydroxyl groups excluding tert-OH is 3. The van der Waals surface area contributed by atoms with Gasteiger partial charge in [-0.2, -0.15) is 0 Å². The maximum Gasteiger partial charge on any atom is 0.249 e. The van der Waals surface area contributed by atoms with E-state index in [9.17, 15) is 20.1 Å². The zero-order valence-corrected chi connectivity index (χ0v) is 42.7. The van der Waals surface area contributed by atoms with Crippen LogP contribution >= 0.6 is 0 Å². The molecule has 0 saturated heterocycles. The molecule has 0 rings (SSSR count). The van der Waals surface area contributed by atoms with Gasteiger partial charge in [0.05, 0.1) is 18.8 Å². The van der Waals surface area contributed by atoms with Crippen LogP contribution < -0.4 is 5.32 Å². The Morgan fingerprint density at radius 1 is 0.381 bits per heavy atom. The molecule has 0 aromatic rings. The number of hydrogen-bond acceptors (Lipinski definition) is 4. The molecule has 5 nitrogen and oxygen atoms in total. The van der Waals surface area contributed by atoms with Crippen LogP contribution in [0.4, 0.5) is 0 Å². The summed E-state index contributed by atoms with van der Waals surface area (Å²) in [5, 5.41) is 33.2. The lowest BCUT2D eigenvalue weighted by Crippen LogP contribution is -2.48. The van der Waals surface area contributed by atoms with Gasteiger partial charge in [-0.15, -0.1) is 0 Å². The van der Waals surface area contributed by atoms with Crippen LogP contribution in [0.25, 0.3) is 0 Å². The number of aliphatic hydroxyl groups is 3. The Bertz CT molecular complexity index is 936. The third kappa shape index (κ3) is 48.6. The standard InChI is InChI=1S/C58H113NO4/c1-3-5-7-9-11-13-15-16-17-18-19-20-21-22-23-24-25-26-27-28-29-30-31-32-33-34-35-36-37-38-39-40-41-43-45-47-49-51-53-57(62)58(63)59-55(54-60)56(61)52-50-48-46-44-42-14-12-10-8-6-4-2/h28-29,50,52,55-57,60-62H,3-27,30-49,51,53-54H2,1-2H3,(H,59,63)/b29-28-,52-50+. The number of nitrogens with one attached hydrogen (secondary N) is 1. The lowest BCUT2D eigenvalue weighted by molar-refractivity contribution is -0.131. The van der Waals surface area contributed by atoms with Gasteiger partial charge >= 0.3 is 0 Å². The van der Waals surface area contributed by atoms with Crippen molar-refractivity contribution in [2.24, 2.45) is 0 Å². The van der Waals surface area contributed by atoms with Crippen LogP contribution in [0.2, 0.25) is 0 Å². The minimum absolute atomic E-state index is 0.361. The summed E-state index contributed by atoms with van der Waals surface area (Å²) in [6.07, 6.45) is 68.6. The van der Waals surface area contributed by atoms with Crippen molar-refractivity contribution in [3.05, 3.63) is 24.3 Å². The number of hydrogen-bond donors (Lipinski definition) is 4. The van der Waals surface area contributed by atoms with Crippen molar-refractivity contribution in [1.82, 2.24) is 5.32 Å². The smallest absolute Gasteiger partial charge is 0.249 e. The highest BCUT2D eigenvalue weighted by Gasteiger charge is 2.22. The fourth-order valence-electron chi connectivity index (χ4n) is 9.07. The molecule has 0 aliphatic rings. The lowest BCUT2D eigenvalue weighted by Gasteiger charge is -2.21. The van der Waals surface area contributed by atoms with Crippen molar-refractivity contribution >= 4 is 5.91 Å². The van der Waals surface area contributed by atoms with Gasteiger partial charge in [0.2, 0.25) is 5.91 Å². The first-order valence-corrected chi connectivity index (χ1v) is 28.7. The van der Waals surface area contributed by atoms with Gasteiger partial charge in [0.25, 0.3) is 0 Å². The number of allylic oxidation sites excluding steroid dienone is 3. The van der Waals surface area contributed by atoms with Crippen molar-refractivity contribution in [2.75, 3.05) is 6.61 Å². The Morgan fingerprint density at radius 3 is 0.921 bits per heavy atom. The maximum atomic E-state index is 12.5. The molecule has 63 heavy (non-hydrogen) atoms. The molecule has 1 amide bonds.